The highest BCUT2D eigenvalue weighted by molar-refractivity contribution is 7.90. The van der Waals surface area contributed by atoms with Crippen LogP contribution in [0.15, 0.2) is 38.7 Å². The summed E-state index contributed by atoms with van der Waals surface area (Å²) in [5.41, 5.74) is 0. The van der Waals surface area contributed by atoms with Gasteiger partial charge in [0, 0.05) is 26.2 Å². The van der Waals surface area contributed by atoms with E-state index in [-0.39, 0.29) is 15.9 Å². The lowest BCUT2D eigenvalue weighted by atomic mass is 10.1. The standard InChI is InChI=1S/C14H19ClN4O2S/c1-4-11-9-16-19(10-11)14(18(2)3)17-22(20,21)13-8-6-5-7-12(13)15/h5-9,11H,4,10H2,1-3H3/b17-14+. The molecule has 0 aliphatic carbocycles. The molecule has 1 aliphatic heterocycles. The Morgan fingerprint density at radius 1 is 1.45 bits per heavy atom. The van der Waals surface area contributed by atoms with Gasteiger partial charge in [-0.05, 0) is 18.6 Å². The Hall–Kier alpha value is -1.60. The van der Waals surface area contributed by atoms with Gasteiger partial charge in [-0.15, -0.1) is 4.40 Å². The number of benzene rings is 1. The predicted molar refractivity (Wildman–Crippen MR) is 88.7 cm³/mol. The molecule has 0 fully saturated rings. The quantitative estimate of drug-likeness (QED) is 0.624. The molecule has 0 saturated carbocycles. The molecule has 1 aromatic carbocycles. The third-order valence-corrected chi connectivity index (χ3v) is 5.05. The van der Waals surface area contributed by atoms with Gasteiger partial charge in [-0.2, -0.15) is 13.5 Å². The zero-order valence-corrected chi connectivity index (χ0v) is 14.3. The minimum absolute atomic E-state index is 0.00812. The average molecular weight is 343 g/mol. The first kappa shape index (κ1) is 16.8. The number of nitrogens with zero attached hydrogens (tertiary/aromatic N) is 4. The highest BCUT2D eigenvalue weighted by atomic mass is 35.5. The van der Waals surface area contributed by atoms with Crippen molar-refractivity contribution in [2.75, 3.05) is 20.6 Å². The highest BCUT2D eigenvalue weighted by Crippen LogP contribution is 2.23. The molecule has 1 atom stereocenters. The SMILES string of the molecule is CCC1C=NN(/C(=N/S(=O)(=O)c2ccccc2Cl)N(C)C)C1. The second-order valence-corrected chi connectivity index (χ2v) is 7.19. The van der Waals surface area contributed by atoms with Gasteiger partial charge in [0.1, 0.15) is 4.90 Å². The molecule has 2 rings (SSSR count). The molecule has 0 saturated heterocycles. The summed E-state index contributed by atoms with van der Waals surface area (Å²) in [6.45, 7) is 2.68. The lowest BCUT2D eigenvalue weighted by Gasteiger charge is -2.23. The summed E-state index contributed by atoms with van der Waals surface area (Å²) in [7, 11) is -0.434. The molecule has 8 heteroatoms. The van der Waals surface area contributed by atoms with E-state index in [9.17, 15) is 8.42 Å². The number of hydrogen-bond donors (Lipinski definition) is 0. The fraction of sp³-hybridized carbons (Fsp3) is 0.429. The van der Waals surface area contributed by atoms with Gasteiger partial charge in [-0.3, -0.25) is 0 Å². The van der Waals surface area contributed by atoms with Crippen LogP contribution in [0.2, 0.25) is 5.02 Å². The summed E-state index contributed by atoms with van der Waals surface area (Å²) >= 11 is 5.97. The topological polar surface area (TPSA) is 65.3 Å². The van der Waals surface area contributed by atoms with Crippen LogP contribution in [-0.2, 0) is 10.0 Å². The van der Waals surface area contributed by atoms with Crippen molar-refractivity contribution in [2.24, 2.45) is 15.4 Å². The van der Waals surface area contributed by atoms with Crippen molar-refractivity contribution in [3.05, 3.63) is 29.3 Å². The van der Waals surface area contributed by atoms with E-state index in [1.807, 2.05) is 6.21 Å². The summed E-state index contributed by atoms with van der Waals surface area (Å²) in [6.07, 6.45) is 2.76. The molecule has 1 unspecified atom stereocenters. The fourth-order valence-electron chi connectivity index (χ4n) is 2.03. The van der Waals surface area contributed by atoms with Crippen LogP contribution in [0.5, 0.6) is 0 Å². The first-order valence-corrected chi connectivity index (χ1v) is 8.75. The number of guanidine groups is 1. The van der Waals surface area contributed by atoms with E-state index in [1.165, 1.54) is 12.1 Å². The third kappa shape index (κ3) is 3.59. The summed E-state index contributed by atoms with van der Waals surface area (Å²) in [5.74, 6) is 0.570. The molecule has 0 bridgehead atoms. The van der Waals surface area contributed by atoms with Crippen LogP contribution in [-0.4, -0.2) is 51.1 Å². The van der Waals surface area contributed by atoms with Crippen LogP contribution >= 0.6 is 11.6 Å². The second kappa shape index (κ2) is 6.66. The normalized spacial score (nSPS) is 18.8. The molecule has 0 spiro atoms. The van der Waals surface area contributed by atoms with Gasteiger partial charge in [-0.1, -0.05) is 30.7 Å². The molecule has 1 aromatic rings. The maximum absolute atomic E-state index is 12.5. The predicted octanol–water partition coefficient (Wildman–Crippen LogP) is 2.27. The molecular weight excluding hydrogens is 324 g/mol. The van der Waals surface area contributed by atoms with E-state index >= 15 is 0 Å². The van der Waals surface area contributed by atoms with Gasteiger partial charge in [-0.25, -0.2) is 5.01 Å². The summed E-state index contributed by atoms with van der Waals surface area (Å²) in [5, 5.41) is 6.00. The summed E-state index contributed by atoms with van der Waals surface area (Å²) in [6, 6.07) is 6.26. The molecule has 1 aliphatic rings. The Balaban J connectivity index is 2.39. The van der Waals surface area contributed by atoms with Crippen molar-refractivity contribution < 1.29 is 8.42 Å². The monoisotopic (exact) mass is 342 g/mol. The van der Waals surface area contributed by atoms with Gasteiger partial charge in [0.15, 0.2) is 0 Å². The average Bonchev–Trinajstić information content (AvgIpc) is 2.93. The van der Waals surface area contributed by atoms with Gasteiger partial charge >= 0.3 is 0 Å². The van der Waals surface area contributed by atoms with E-state index < -0.39 is 10.0 Å². The number of rotatable bonds is 3. The van der Waals surface area contributed by atoms with E-state index in [0.29, 0.717) is 12.5 Å². The number of halogens is 1. The van der Waals surface area contributed by atoms with E-state index in [2.05, 4.69) is 16.4 Å². The number of hydrogen-bond acceptors (Lipinski definition) is 3. The van der Waals surface area contributed by atoms with Crippen LogP contribution in [0.1, 0.15) is 13.3 Å². The molecule has 0 amide bonds. The summed E-state index contributed by atoms with van der Waals surface area (Å²) < 4.78 is 28.9. The van der Waals surface area contributed by atoms with Crippen LogP contribution in [0.25, 0.3) is 0 Å². The molecule has 0 aromatic heterocycles. The first-order chi connectivity index (χ1) is 10.3. The first-order valence-electron chi connectivity index (χ1n) is 6.93. The van der Waals surface area contributed by atoms with Crippen molar-refractivity contribution in [3.8, 4) is 0 Å². The maximum Gasteiger partial charge on any atom is 0.287 e. The van der Waals surface area contributed by atoms with Crippen molar-refractivity contribution >= 4 is 33.8 Å². The minimum Gasteiger partial charge on any atom is -0.347 e. The number of sulfonamides is 1. The van der Waals surface area contributed by atoms with Crippen molar-refractivity contribution in [2.45, 2.75) is 18.2 Å². The number of hydrazone groups is 1. The van der Waals surface area contributed by atoms with Crippen LogP contribution in [0.4, 0.5) is 0 Å². The van der Waals surface area contributed by atoms with Gasteiger partial charge in [0.2, 0.25) is 5.96 Å². The third-order valence-electron chi connectivity index (χ3n) is 3.30. The Bertz CT molecular complexity index is 701. The van der Waals surface area contributed by atoms with Crippen molar-refractivity contribution in [3.63, 3.8) is 0 Å². The fourth-order valence-corrected chi connectivity index (χ4v) is 3.59. The molecule has 6 nitrogen and oxygen atoms in total. The molecule has 0 radical (unpaired) electrons. The Morgan fingerprint density at radius 3 is 2.68 bits per heavy atom. The van der Waals surface area contributed by atoms with E-state index in [1.54, 1.807) is 36.1 Å². The zero-order chi connectivity index (χ0) is 16.3. The smallest absolute Gasteiger partial charge is 0.287 e. The lowest BCUT2D eigenvalue weighted by Crippen LogP contribution is -2.37. The Morgan fingerprint density at radius 2 is 2.14 bits per heavy atom. The molecule has 22 heavy (non-hydrogen) atoms. The highest BCUT2D eigenvalue weighted by Gasteiger charge is 2.25. The van der Waals surface area contributed by atoms with Crippen molar-refractivity contribution in [1.82, 2.24) is 9.91 Å². The van der Waals surface area contributed by atoms with E-state index in [4.69, 9.17) is 11.6 Å². The molecular formula is C14H19ClN4O2S. The van der Waals surface area contributed by atoms with Crippen molar-refractivity contribution in [1.29, 1.82) is 0 Å². The maximum atomic E-state index is 12.5. The molecule has 120 valence electrons. The van der Waals surface area contributed by atoms with Gasteiger partial charge < -0.3 is 4.90 Å². The lowest BCUT2D eigenvalue weighted by molar-refractivity contribution is 0.384. The second-order valence-electron chi connectivity index (χ2n) is 5.21. The van der Waals surface area contributed by atoms with E-state index in [0.717, 1.165) is 6.42 Å². The molecule has 1 heterocycles. The summed E-state index contributed by atoms with van der Waals surface area (Å²) in [4.78, 5) is 1.62. The molecule has 0 N–H and O–H groups in total. The van der Waals surface area contributed by atoms with Gasteiger partial charge in [0.05, 0.1) is 11.6 Å². The van der Waals surface area contributed by atoms with Crippen LogP contribution in [0.3, 0.4) is 0 Å². The Labute approximate surface area is 136 Å². The largest absolute Gasteiger partial charge is 0.347 e. The van der Waals surface area contributed by atoms with Crippen LogP contribution < -0.4 is 0 Å². The van der Waals surface area contributed by atoms with Crippen LogP contribution in [0, 0.1) is 5.92 Å². The zero-order valence-electron chi connectivity index (χ0n) is 12.8. The minimum atomic E-state index is -3.90. The van der Waals surface area contributed by atoms with Gasteiger partial charge in [0.25, 0.3) is 10.0 Å². The Kier molecular flexibility index (Phi) is 5.08.